The van der Waals surface area contributed by atoms with E-state index in [2.05, 4.69) is 16.6 Å². The van der Waals surface area contributed by atoms with Gasteiger partial charge < -0.3 is 20.3 Å². The first-order chi connectivity index (χ1) is 16.7. The first kappa shape index (κ1) is 28.4. The summed E-state index contributed by atoms with van der Waals surface area (Å²) >= 11 is 0. The van der Waals surface area contributed by atoms with Crippen LogP contribution >= 0.6 is 0 Å². The monoisotopic (exact) mass is 491 g/mol. The SMILES string of the molecule is C#Cc1ccccc1C(C(=O)Nc1ccccc1C)N(C(=O)C(C)NC(=O)OC(C)(C)C)C(C)(C)C. The number of rotatable bonds is 6. The second-order valence-corrected chi connectivity index (χ2v) is 10.7. The molecule has 0 heterocycles. The van der Waals surface area contributed by atoms with E-state index < -0.39 is 41.1 Å². The molecule has 3 amide bonds. The van der Waals surface area contributed by atoms with Gasteiger partial charge in [-0.05, 0) is 78.6 Å². The van der Waals surface area contributed by atoms with Crippen LogP contribution in [0.3, 0.4) is 0 Å². The smallest absolute Gasteiger partial charge is 0.408 e. The Bertz CT molecular complexity index is 1150. The lowest BCUT2D eigenvalue weighted by Crippen LogP contribution is -2.57. The van der Waals surface area contributed by atoms with Crippen molar-refractivity contribution in [2.75, 3.05) is 5.32 Å². The number of ether oxygens (including phenoxy) is 1. The highest BCUT2D eigenvalue weighted by molar-refractivity contribution is 6.00. The molecule has 2 atom stereocenters. The third-order valence-electron chi connectivity index (χ3n) is 5.38. The van der Waals surface area contributed by atoms with Gasteiger partial charge in [0.15, 0.2) is 0 Å². The number of para-hydroxylation sites is 1. The van der Waals surface area contributed by atoms with Crippen LogP contribution in [-0.4, -0.2) is 40.0 Å². The zero-order chi connectivity index (χ0) is 27.3. The summed E-state index contributed by atoms with van der Waals surface area (Å²) in [5, 5.41) is 5.56. The van der Waals surface area contributed by atoms with Crippen LogP contribution in [0.1, 0.15) is 71.2 Å². The molecule has 2 aromatic carbocycles. The molecule has 36 heavy (non-hydrogen) atoms. The van der Waals surface area contributed by atoms with Crippen molar-refractivity contribution in [1.82, 2.24) is 10.2 Å². The number of hydrogen-bond acceptors (Lipinski definition) is 4. The fourth-order valence-electron chi connectivity index (χ4n) is 3.78. The molecule has 7 heteroatoms. The normalized spacial score (nSPS) is 13.1. The Morgan fingerprint density at radius 1 is 0.972 bits per heavy atom. The summed E-state index contributed by atoms with van der Waals surface area (Å²) < 4.78 is 5.32. The number of amides is 3. The van der Waals surface area contributed by atoms with Crippen molar-refractivity contribution in [3.63, 3.8) is 0 Å². The van der Waals surface area contributed by atoms with Crippen LogP contribution in [0, 0.1) is 19.3 Å². The molecule has 2 unspecified atom stereocenters. The summed E-state index contributed by atoms with van der Waals surface area (Å²) in [5.74, 6) is 1.76. The van der Waals surface area contributed by atoms with Crippen molar-refractivity contribution in [3.05, 3.63) is 65.2 Å². The zero-order valence-electron chi connectivity index (χ0n) is 22.4. The highest BCUT2D eigenvalue weighted by Gasteiger charge is 2.41. The molecule has 0 saturated heterocycles. The van der Waals surface area contributed by atoms with Crippen molar-refractivity contribution in [2.24, 2.45) is 0 Å². The van der Waals surface area contributed by atoms with E-state index >= 15 is 0 Å². The van der Waals surface area contributed by atoms with E-state index in [4.69, 9.17) is 11.2 Å². The van der Waals surface area contributed by atoms with Crippen LogP contribution in [0.15, 0.2) is 48.5 Å². The molecule has 0 aromatic heterocycles. The molecular formula is C29H37N3O4. The van der Waals surface area contributed by atoms with Gasteiger partial charge in [0.25, 0.3) is 5.91 Å². The summed E-state index contributed by atoms with van der Waals surface area (Å²) in [6, 6.07) is 12.4. The predicted octanol–water partition coefficient (Wildman–Crippen LogP) is 5.20. The molecule has 0 aliphatic heterocycles. The van der Waals surface area contributed by atoms with Gasteiger partial charge in [-0.1, -0.05) is 42.3 Å². The van der Waals surface area contributed by atoms with E-state index in [1.165, 1.54) is 4.90 Å². The summed E-state index contributed by atoms with van der Waals surface area (Å²) in [6.45, 7) is 14.2. The molecule has 2 aromatic rings. The Balaban J connectivity index is 2.56. The standard InChI is InChI=1S/C29H37N3O4/c1-10-21-16-12-13-17-22(21)24(25(33)31-23-18-14-11-15-19(23)2)32(28(4,5)6)26(34)20(3)30-27(35)36-29(7,8)9/h1,11-18,20,24H,2-9H3,(H,30,35)(H,31,33). The average Bonchev–Trinajstić information content (AvgIpc) is 2.76. The van der Waals surface area contributed by atoms with Crippen molar-refractivity contribution in [1.29, 1.82) is 0 Å². The van der Waals surface area contributed by atoms with Crippen molar-refractivity contribution in [2.45, 2.75) is 78.6 Å². The van der Waals surface area contributed by atoms with Crippen molar-refractivity contribution in [3.8, 4) is 12.3 Å². The quantitative estimate of drug-likeness (QED) is 0.544. The van der Waals surface area contributed by atoms with Gasteiger partial charge in [0, 0.05) is 16.8 Å². The predicted molar refractivity (Wildman–Crippen MR) is 142 cm³/mol. The second kappa shape index (κ2) is 11.3. The van der Waals surface area contributed by atoms with Gasteiger partial charge in [-0.15, -0.1) is 6.42 Å². The molecule has 0 saturated carbocycles. The lowest BCUT2D eigenvalue weighted by atomic mass is 9.92. The Labute approximate surface area is 214 Å². The molecule has 0 aliphatic rings. The lowest BCUT2D eigenvalue weighted by molar-refractivity contribution is -0.146. The Kier molecular flexibility index (Phi) is 8.93. The van der Waals surface area contributed by atoms with Crippen LogP contribution < -0.4 is 10.6 Å². The van der Waals surface area contributed by atoms with Crippen LogP contribution in [-0.2, 0) is 14.3 Å². The van der Waals surface area contributed by atoms with Gasteiger partial charge in [0.05, 0.1) is 0 Å². The summed E-state index contributed by atoms with van der Waals surface area (Å²) in [6.07, 6.45) is 5.06. The third kappa shape index (κ3) is 7.35. The first-order valence-electron chi connectivity index (χ1n) is 11.9. The zero-order valence-corrected chi connectivity index (χ0v) is 22.4. The van der Waals surface area contributed by atoms with E-state index in [-0.39, 0.29) is 0 Å². The van der Waals surface area contributed by atoms with E-state index in [9.17, 15) is 14.4 Å². The fourth-order valence-corrected chi connectivity index (χ4v) is 3.78. The third-order valence-corrected chi connectivity index (χ3v) is 5.38. The van der Waals surface area contributed by atoms with E-state index in [1.54, 1.807) is 58.0 Å². The number of carbonyl (C=O) groups excluding carboxylic acids is 3. The minimum absolute atomic E-state index is 0.417. The van der Waals surface area contributed by atoms with Gasteiger partial charge >= 0.3 is 6.09 Å². The number of hydrogen-bond donors (Lipinski definition) is 2. The second-order valence-electron chi connectivity index (χ2n) is 10.7. The van der Waals surface area contributed by atoms with Gasteiger partial charge in [-0.2, -0.15) is 0 Å². The molecule has 192 valence electrons. The van der Waals surface area contributed by atoms with Gasteiger partial charge in [-0.3, -0.25) is 9.59 Å². The topological polar surface area (TPSA) is 87.7 Å². The maximum atomic E-state index is 13.9. The fraction of sp³-hybridized carbons (Fsp3) is 0.414. The number of carbonyl (C=O) groups is 3. The molecule has 2 N–H and O–H groups in total. The summed E-state index contributed by atoms with van der Waals surface area (Å²) in [7, 11) is 0. The minimum Gasteiger partial charge on any atom is -0.444 e. The number of aryl methyl sites for hydroxylation is 1. The van der Waals surface area contributed by atoms with Crippen LogP contribution in [0.5, 0.6) is 0 Å². The Morgan fingerprint density at radius 2 is 1.56 bits per heavy atom. The molecule has 0 radical (unpaired) electrons. The molecule has 0 aliphatic carbocycles. The minimum atomic E-state index is -1.06. The van der Waals surface area contributed by atoms with Gasteiger partial charge in [0.1, 0.15) is 17.7 Å². The highest BCUT2D eigenvalue weighted by atomic mass is 16.6. The van der Waals surface area contributed by atoms with Crippen molar-refractivity contribution >= 4 is 23.6 Å². The van der Waals surface area contributed by atoms with E-state index in [0.29, 0.717) is 16.8 Å². The summed E-state index contributed by atoms with van der Waals surface area (Å²) in [5.41, 5.74) is 0.987. The maximum absolute atomic E-state index is 13.9. The molecule has 0 spiro atoms. The van der Waals surface area contributed by atoms with E-state index in [1.807, 2.05) is 45.9 Å². The number of benzene rings is 2. The number of nitrogens with zero attached hydrogens (tertiary/aromatic N) is 1. The van der Waals surface area contributed by atoms with Crippen LogP contribution in [0.25, 0.3) is 0 Å². The van der Waals surface area contributed by atoms with Crippen molar-refractivity contribution < 1.29 is 19.1 Å². The largest absolute Gasteiger partial charge is 0.444 e. The number of nitrogens with one attached hydrogen (secondary N) is 2. The van der Waals surface area contributed by atoms with E-state index in [0.717, 1.165) is 5.56 Å². The molecule has 0 bridgehead atoms. The average molecular weight is 492 g/mol. The maximum Gasteiger partial charge on any atom is 0.408 e. The number of terminal acetylenes is 1. The van der Waals surface area contributed by atoms with Gasteiger partial charge in [0.2, 0.25) is 5.91 Å². The molecule has 7 nitrogen and oxygen atoms in total. The molecule has 2 rings (SSSR count). The summed E-state index contributed by atoms with van der Waals surface area (Å²) in [4.78, 5) is 41.6. The Morgan fingerprint density at radius 3 is 2.11 bits per heavy atom. The first-order valence-corrected chi connectivity index (χ1v) is 11.9. The molecular weight excluding hydrogens is 454 g/mol. The number of alkyl carbamates (subject to hydrolysis) is 1. The lowest BCUT2D eigenvalue weighted by Gasteiger charge is -2.42. The van der Waals surface area contributed by atoms with Crippen LogP contribution in [0.4, 0.5) is 10.5 Å². The number of anilines is 1. The highest BCUT2D eigenvalue weighted by Crippen LogP contribution is 2.33. The van der Waals surface area contributed by atoms with Gasteiger partial charge in [-0.25, -0.2) is 4.79 Å². The Hall–Kier alpha value is -3.79. The van der Waals surface area contributed by atoms with Crippen LogP contribution in [0.2, 0.25) is 0 Å². The molecule has 0 fully saturated rings.